The van der Waals surface area contributed by atoms with Crippen molar-refractivity contribution >= 4 is 17.3 Å². The number of amides is 1. The highest BCUT2D eigenvalue weighted by atomic mass is 19.4. The number of fused-ring (bicyclic) bond motifs is 1. The minimum absolute atomic E-state index is 0.507. The summed E-state index contributed by atoms with van der Waals surface area (Å²) >= 11 is 0. The zero-order chi connectivity index (χ0) is 20.7. The molecule has 1 aromatic carbocycles. The van der Waals surface area contributed by atoms with Crippen LogP contribution in [0.4, 0.5) is 23.7 Å². The number of halogens is 3. The second-order valence-corrected chi connectivity index (χ2v) is 7.39. The Morgan fingerprint density at radius 2 is 1.75 bits per heavy atom. The summed E-state index contributed by atoms with van der Waals surface area (Å²) in [5.41, 5.74) is 1.16. The van der Waals surface area contributed by atoms with Crippen molar-refractivity contribution < 1.29 is 22.7 Å². The lowest BCUT2D eigenvalue weighted by atomic mass is 10.0. The Kier molecular flexibility index (Phi) is 4.82. The molecule has 0 atom stereocenters. The molecule has 3 aromatic rings. The van der Waals surface area contributed by atoms with Crippen molar-refractivity contribution in [2.45, 2.75) is 32.5 Å². The summed E-state index contributed by atoms with van der Waals surface area (Å²) in [6, 6.07) is 8.34. The Balaban J connectivity index is 1.96. The molecule has 0 N–H and O–H groups in total. The van der Waals surface area contributed by atoms with Crippen LogP contribution in [0.1, 0.15) is 26.3 Å². The van der Waals surface area contributed by atoms with Crippen molar-refractivity contribution in [3.05, 3.63) is 54.4 Å². The summed E-state index contributed by atoms with van der Waals surface area (Å²) < 4.78 is 45.3. The van der Waals surface area contributed by atoms with Gasteiger partial charge in [0, 0.05) is 18.8 Å². The molecule has 0 bridgehead atoms. The number of nitrogens with zero attached hydrogens (tertiary/aromatic N) is 3. The van der Waals surface area contributed by atoms with E-state index < -0.39 is 23.4 Å². The average Bonchev–Trinajstić information content (AvgIpc) is 3.02. The molecule has 0 aliphatic heterocycles. The third-order valence-electron chi connectivity index (χ3n) is 4.08. The van der Waals surface area contributed by atoms with Crippen LogP contribution < -0.4 is 4.90 Å². The summed E-state index contributed by atoms with van der Waals surface area (Å²) in [7, 11) is 1.59. The summed E-state index contributed by atoms with van der Waals surface area (Å²) in [6.45, 7) is 5.34. The molecule has 5 nitrogen and oxygen atoms in total. The van der Waals surface area contributed by atoms with Crippen LogP contribution in [0.5, 0.6) is 0 Å². The fraction of sp³-hybridized carbons (Fsp3) is 0.300. The minimum Gasteiger partial charge on any atom is -0.443 e. The van der Waals surface area contributed by atoms with E-state index in [1.54, 1.807) is 56.9 Å². The predicted octanol–water partition coefficient (Wildman–Crippen LogP) is 5.39. The molecule has 3 rings (SSSR count). The van der Waals surface area contributed by atoms with Gasteiger partial charge in [-0.3, -0.25) is 4.90 Å². The Morgan fingerprint density at radius 3 is 2.32 bits per heavy atom. The number of alkyl halides is 3. The molecule has 2 aromatic heterocycles. The smallest absolute Gasteiger partial charge is 0.416 e. The van der Waals surface area contributed by atoms with E-state index in [0.29, 0.717) is 22.3 Å². The number of hydrogen-bond donors (Lipinski definition) is 0. The van der Waals surface area contributed by atoms with Gasteiger partial charge in [-0.25, -0.2) is 9.31 Å². The van der Waals surface area contributed by atoms with E-state index in [2.05, 4.69) is 5.10 Å². The number of carbonyl (C=O) groups is 1. The Bertz CT molecular complexity index is 1000. The molecule has 0 radical (unpaired) electrons. The van der Waals surface area contributed by atoms with E-state index >= 15 is 0 Å². The first-order valence-electron chi connectivity index (χ1n) is 8.57. The largest absolute Gasteiger partial charge is 0.443 e. The van der Waals surface area contributed by atoms with Gasteiger partial charge in [0.2, 0.25) is 0 Å². The number of carbonyl (C=O) groups excluding carboxylic acids is 1. The van der Waals surface area contributed by atoms with Crippen molar-refractivity contribution in [2.24, 2.45) is 0 Å². The number of benzene rings is 1. The molecule has 0 saturated carbocycles. The molecule has 28 heavy (non-hydrogen) atoms. The molecule has 2 heterocycles. The monoisotopic (exact) mass is 391 g/mol. The van der Waals surface area contributed by atoms with E-state index in [1.165, 1.54) is 17.0 Å². The van der Waals surface area contributed by atoms with Gasteiger partial charge in [-0.2, -0.15) is 18.3 Å². The van der Waals surface area contributed by atoms with Crippen LogP contribution in [0.25, 0.3) is 16.6 Å². The van der Waals surface area contributed by atoms with E-state index in [0.717, 1.165) is 12.1 Å². The van der Waals surface area contributed by atoms with Crippen LogP contribution in [-0.2, 0) is 10.9 Å². The first-order valence-corrected chi connectivity index (χ1v) is 8.57. The number of anilines is 1. The molecule has 0 saturated heterocycles. The maximum Gasteiger partial charge on any atom is 0.416 e. The van der Waals surface area contributed by atoms with E-state index in [-0.39, 0.29) is 0 Å². The van der Waals surface area contributed by atoms with Crippen LogP contribution >= 0.6 is 0 Å². The third kappa shape index (κ3) is 4.11. The van der Waals surface area contributed by atoms with Crippen molar-refractivity contribution in [3.63, 3.8) is 0 Å². The third-order valence-corrected chi connectivity index (χ3v) is 4.08. The Morgan fingerprint density at radius 1 is 1.11 bits per heavy atom. The quantitative estimate of drug-likeness (QED) is 0.588. The second kappa shape index (κ2) is 6.85. The van der Waals surface area contributed by atoms with Crippen molar-refractivity contribution in [1.82, 2.24) is 9.61 Å². The first-order chi connectivity index (χ1) is 13.0. The van der Waals surface area contributed by atoms with Crippen molar-refractivity contribution in [3.8, 4) is 11.1 Å². The van der Waals surface area contributed by atoms with Gasteiger partial charge in [0.05, 0.1) is 23.0 Å². The van der Waals surface area contributed by atoms with Gasteiger partial charge in [-0.15, -0.1) is 0 Å². The first kappa shape index (κ1) is 19.7. The van der Waals surface area contributed by atoms with Crippen LogP contribution in [0, 0.1) is 0 Å². The molecule has 148 valence electrons. The minimum atomic E-state index is -4.39. The van der Waals surface area contributed by atoms with E-state index in [1.807, 2.05) is 0 Å². The van der Waals surface area contributed by atoms with Gasteiger partial charge in [-0.05, 0) is 50.6 Å². The molecule has 0 unspecified atom stereocenters. The van der Waals surface area contributed by atoms with Gasteiger partial charge in [0.15, 0.2) is 0 Å². The number of rotatable bonds is 2. The molecule has 8 heteroatoms. The van der Waals surface area contributed by atoms with Crippen LogP contribution in [0.15, 0.2) is 48.8 Å². The standard InChI is InChI=1S/C20H20F3N3O2/c1-19(2,3)28-18(27)25(4)15-9-10-26-17(11-15)16(12-24-26)13-5-7-14(8-6-13)20(21,22)23/h5-12H,1-4H3. The average molecular weight is 391 g/mol. The summed E-state index contributed by atoms with van der Waals surface area (Å²) in [5.74, 6) is 0. The normalized spacial score (nSPS) is 12.2. The molecule has 0 fully saturated rings. The summed E-state index contributed by atoms with van der Waals surface area (Å²) in [5, 5.41) is 4.23. The highest BCUT2D eigenvalue weighted by Gasteiger charge is 2.30. The Hall–Kier alpha value is -3.03. The van der Waals surface area contributed by atoms with Gasteiger partial charge in [-0.1, -0.05) is 12.1 Å². The van der Waals surface area contributed by atoms with Gasteiger partial charge >= 0.3 is 12.3 Å². The summed E-state index contributed by atoms with van der Waals surface area (Å²) in [6.07, 6.45) is -1.63. The topological polar surface area (TPSA) is 46.8 Å². The molecule has 0 aliphatic carbocycles. The highest BCUT2D eigenvalue weighted by molar-refractivity contribution is 5.90. The lowest BCUT2D eigenvalue weighted by Crippen LogP contribution is -2.34. The van der Waals surface area contributed by atoms with Crippen LogP contribution in [0.2, 0.25) is 0 Å². The molecular formula is C20H20F3N3O2. The number of aromatic nitrogens is 2. The molecule has 1 amide bonds. The SMILES string of the molecule is CN(C(=O)OC(C)(C)C)c1ccn2ncc(-c3ccc(C(F)(F)F)cc3)c2c1. The number of hydrogen-bond acceptors (Lipinski definition) is 3. The molecular weight excluding hydrogens is 371 g/mol. The number of pyridine rings is 1. The maximum absolute atomic E-state index is 12.8. The fourth-order valence-corrected chi connectivity index (χ4v) is 2.68. The van der Waals surface area contributed by atoms with Crippen LogP contribution in [0.3, 0.4) is 0 Å². The van der Waals surface area contributed by atoms with Crippen molar-refractivity contribution in [1.29, 1.82) is 0 Å². The zero-order valence-electron chi connectivity index (χ0n) is 15.9. The zero-order valence-corrected chi connectivity index (χ0v) is 15.9. The number of ether oxygens (including phenoxy) is 1. The lowest BCUT2D eigenvalue weighted by Gasteiger charge is -2.24. The van der Waals surface area contributed by atoms with Crippen LogP contribution in [-0.4, -0.2) is 28.4 Å². The highest BCUT2D eigenvalue weighted by Crippen LogP contribution is 2.32. The van der Waals surface area contributed by atoms with Gasteiger partial charge < -0.3 is 4.74 Å². The summed E-state index contributed by atoms with van der Waals surface area (Å²) in [4.78, 5) is 13.7. The Labute approximate surface area is 160 Å². The van der Waals surface area contributed by atoms with Crippen molar-refractivity contribution in [2.75, 3.05) is 11.9 Å². The predicted molar refractivity (Wildman–Crippen MR) is 100 cm³/mol. The maximum atomic E-state index is 12.8. The van der Waals surface area contributed by atoms with Gasteiger partial charge in [0.1, 0.15) is 5.60 Å². The lowest BCUT2D eigenvalue weighted by molar-refractivity contribution is -0.137. The molecule has 0 aliphatic rings. The molecule has 0 spiro atoms. The van der Waals surface area contributed by atoms with E-state index in [9.17, 15) is 18.0 Å². The van der Waals surface area contributed by atoms with E-state index in [4.69, 9.17) is 4.74 Å². The van der Waals surface area contributed by atoms with Gasteiger partial charge in [0.25, 0.3) is 0 Å². The second-order valence-electron chi connectivity index (χ2n) is 7.39. The fourth-order valence-electron chi connectivity index (χ4n) is 2.68.